The number of ether oxygens (including phenoxy) is 3. The first kappa shape index (κ1) is 13.7. The molecule has 19 heavy (non-hydrogen) atoms. The van der Waals surface area contributed by atoms with Crippen LogP contribution in [0.25, 0.3) is 0 Å². The van der Waals surface area contributed by atoms with Crippen LogP contribution in [0.4, 0.5) is 0 Å². The molecular formula is C14H17NO3S. The van der Waals surface area contributed by atoms with Crippen LogP contribution in [0, 0.1) is 0 Å². The molecule has 4 nitrogen and oxygen atoms in total. The zero-order valence-corrected chi connectivity index (χ0v) is 12.1. The quantitative estimate of drug-likeness (QED) is 0.813. The van der Waals surface area contributed by atoms with Gasteiger partial charge in [-0.25, -0.2) is 4.98 Å². The summed E-state index contributed by atoms with van der Waals surface area (Å²) in [6.45, 7) is 2.50. The molecule has 1 aromatic carbocycles. The lowest BCUT2D eigenvalue weighted by molar-refractivity contribution is 0.263. The van der Waals surface area contributed by atoms with Crippen LogP contribution in [-0.2, 0) is 13.0 Å². The van der Waals surface area contributed by atoms with Gasteiger partial charge in [-0.15, -0.1) is 11.3 Å². The summed E-state index contributed by atoms with van der Waals surface area (Å²) in [6.07, 6.45) is 0.947. The second kappa shape index (κ2) is 6.43. The highest BCUT2D eigenvalue weighted by atomic mass is 32.1. The molecule has 5 heteroatoms. The summed E-state index contributed by atoms with van der Waals surface area (Å²) in [4.78, 5) is 4.47. The fourth-order valence-corrected chi connectivity index (χ4v) is 2.41. The number of aromatic nitrogens is 1. The Morgan fingerprint density at radius 2 is 1.84 bits per heavy atom. The summed E-state index contributed by atoms with van der Waals surface area (Å²) >= 11 is 1.65. The van der Waals surface area contributed by atoms with Crippen LogP contribution in [-0.4, -0.2) is 19.2 Å². The fourth-order valence-electron chi connectivity index (χ4n) is 1.68. The third-order valence-electron chi connectivity index (χ3n) is 2.65. The van der Waals surface area contributed by atoms with Gasteiger partial charge >= 0.3 is 0 Å². The summed E-state index contributed by atoms with van der Waals surface area (Å²) in [5.74, 6) is 1.93. The maximum Gasteiger partial charge on any atom is 0.203 e. The first-order chi connectivity index (χ1) is 9.28. The Bertz CT molecular complexity index is 517. The van der Waals surface area contributed by atoms with Crippen LogP contribution in [0.3, 0.4) is 0 Å². The minimum absolute atomic E-state index is 0.410. The second-order valence-corrected chi connectivity index (χ2v) is 4.81. The number of nitrogens with zero attached hydrogens (tertiary/aromatic N) is 1. The van der Waals surface area contributed by atoms with Gasteiger partial charge in [0.2, 0.25) is 5.75 Å². The number of para-hydroxylation sites is 1. The highest BCUT2D eigenvalue weighted by Gasteiger charge is 2.12. The van der Waals surface area contributed by atoms with Crippen molar-refractivity contribution in [2.75, 3.05) is 14.2 Å². The van der Waals surface area contributed by atoms with Crippen LogP contribution in [0.2, 0.25) is 0 Å². The molecule has 0 radical (unpaired) electrons. The minimum atomic E-state index is 0.410. The van der Waals surface area contributed by atoms with E-state index < -0.39 is 0 Å². The van der Waals surface area contributed by atoms with Crippen LogP contribution in [0.1, 0.15) is 17.6 Å². The molecule has 102 valence electrons. The molecule has 2 aromatic rings. The van der Waals surface area contributed by atoms with Crippen molar-refractivity contribution in [1.82, 2.24) is 4.98 Å². The largest absolute Gasteiger partial charge is 0.493 e. The van der Waals surface area contributed by atoms with Gasteiger partial charge in [0.1, 0.15) is 6.61 Å². The van der Waals surface area contributed by atoms with Crippen molar-refractivity contribution in [3.63, 3.8) is 0 Å². The second-order valence-electron chi connectivity index (χ2n) is 3.87. The van der Waals surface area contributed by atoms with Gasteiger partial charge in [-0.3, -0.25) is 0 Å². The summed E-state index contributed by atoms with van der Waals surface area (Å²) in [5.41, 5.74) is 0.926. The zero-order valence-electron chi connectivity index (χ0n) is 11.3. The average molecular weight is 279 g/mol. The van der Waals surface area contributed by atoms with Gasteiger partial charge in [0.15, 0.2) is 11.5 Å². The van der Waals surface area contributed by atoms with Gasteiger partial charge in [-0.05, 0) is 18.6 Å². The van der Waals surface area contributed by atoms with Crippen molar-refractivity contribution < 1.29 is 14.2 Å². The molecule has 0 spiro atoms. The Balaban J connectivity index is 2.13. The molecule has 0 aliphatic heterocycles. The molecule has 0 N–H and O–H groups in total. The molecule has 0 aliphatic rings. The molecule has 0 bridgehead atoms. The van der Waals surface area contributed by atoms with Crippen LogP contribution in [0.15, 0.2) is 23.6 Å². The molecule has 0 aliphatic carbocycles. The van der Waals surface area contributed by atoms with Crippen molar-refractivity contribution >= 4 is 11.3 Å². The lowest BCUT2D eigenvalue weighted by Crippen LogP contribution is -2.00. The maximum atomic E-state index is 5.79. The topological polar surface area (TPSA) is 40.6 Å². The number of benzene rings is 1. The summed E-state index contributed by atoms with van der Waals surface area (Å²) < 4.78 is 16.3. The van der Waals surface area contributed by atoms with Gasteiger partial charge in [-0.2, -0.15) is 0 Å². The van der Waals surface area contributed by atoms with E-state index in [0.717, 1.165) is 17.1 Å². The number of hydrogen-bond acceptors (Lipinski definition) is 5. The SMILES string of the molecule is CCc1nc(COc2c(OC)cccc2OC)cs1. The third kappa shape index (κ3) is 3.17. The van der Waals surface area contributed by atoms with Gasteiger partial charge in [0, 0.05) is 5.38 Å². The molecule has 0 atom stereocenters. The van der Waals surface area contributed by atoms with Crippen LogP contribution < -0.4 is 14.2 Å². The minimum Gasteiger partial charge on any atom is -0.493 e. The number of hydrogen-bond donors (Lipinski definition) is 0. The third-order valence-corrected chi connectivity index (χ3v) is 3.69. The number of rotatable bonds is 6. The molecule has 0 unspecified atom stereocenters. The predicted molar refractivity (Wildman–Crippen MR) is 75.4 cm³/mol. The Labute approximate surface area is 117 Å². The standard InChI is InChI=1S/C14H17NO3S/c1-4-13-15-10(9-19-13)8-18-14-11(16-2)6-5-7-12(14)17-3/h5-7,9H,4,8H2,1-3H3. The first-order valence-corrected chi connectivity index (χ1v) is 6.93. The van der Waals surface area contributed by atoms with E-state index in [0.29, 0.717) is 23.9 Å². The van der Waals surface area contributed by atoms with E-state index in [1.54, 1.807) is 25.6 Å². The van der Waals surface area contributed by atoms with E-state index in [9.17, 15) is 0 Å². The predicted octanol–water partition coefficient (Wildman–Crippen LogP) is 3.30. The smallest absolute Gasteiger partial charge is 0.203 e. The molecule has 1 aromatic heterocycles. The van der Waals surface area contributed by atoms with E-state index in [1.807, 2.05) is 23.6 Å². The number of aryl methyl sites for hydroxylation is 1. The van der Waals surface area contributed by atoms with Crippen molar-refractivity contribution in [1.29, 1.82) is 0 Å². The lowest BCUT2D eigenvalue weighted by Gasteiger charge is -2.13. The van der Waals surface area contributed by atoms with E-state index >= 15 is 0 Å². The molecule has 0 saturated heterocycles. The van der Waals surface area contributed by atoms with Gasteiger partial charge < -0.3 is 14.2 Å². The molecule has 0 fully saturated rings. The number of methoxy groups -OCH3 is 2. The van der Waals surface area contributed by atoms with E-state index in [4.69, 9.17) is 14.2 Å². The Hall–Kier alpha value is -1.75. The first-order valence-electron chi connectivity index (χ1n) is 6.05. The summed E-state index contributed by atoms with van der Waals surface area (Å²) in [5, 5.41) is 3.13. The van der Waals surface area contributed by atoms with Gasteiger partial charge in [0.25, 0.3) is 0 Å². The van der Waals surface area contributed by atoms with Crippen LogP contribution in [0.5, 0.6) is 17.2 Å². The molecule has 0 amide bonds. The molecular weight excluding hydrogens is 262 g/mol. The summed E-state index contributed by atoms with van der Waals surface area (Å²) in [6, 6.07) is 5.55. The zero-order chi connectivity index (χ0) is 13.7. The maximum absolute atomic E-state index is 5.79. The normalized spacial score (nSPS) is 10.3. The van der Waals surface area contributed by atoms with E-state index in [1.165, 1.54) is 0 Å². The Morgan fingerprint density at radius 1 is 1.16 bits per heavy atom. The Morgan fingerprint density at radius 3 is 2.37 bits per heavy atom. The van der Waals surface area contributed by atoms with E-state index in [2.05, 4.69) is 11.9 Å². The number of thiazole rings is 1. The van der Waals surface area contributed by atoms with E-state index in [-0.39, 0.29) is 0 Å². The monoisotopic (exact) mass is 279 g/mol. The van der Waals surface area contributed by atoms with Crippen molar-refractivity contribution in [2.45, 2.75) is 20.0 Å². The molecule has 0 saturated carbocycles. The van der Waals surface area contributed by atoms with Gasteiger partial charge in [-0.1, -0.05) is 13.0 Å². The highest BCUT2D eigenvalue weighted by molar-refractivity contribution is 7.09. The van der Waals surface area contributed by atoms with Crippen molar-refractivity contribution in [2.24, 2.45) is 0 Å². The molecule has 2 rings (SSSR count). The Kier molecular flexibility index (Phi) is 4.63. The highest BCUT2D eigenvalue weighted by Crippen LogP contribution is 2.37. The summed E-state index contributed by atoms with van der Waals surface area (Å²) in [7, 11) is 3.22. The van der Waals surface area contributed by atoms with Crippen LogP contribution >= 0.6 is 11.3 Å². The average Bonchev–Trinajstić information content (AvgIpc) is 2.92. The molecule has 1 heterocycles. The van der Waals surface area contributed by atoms with Gasteiger partial charge in [0.05, 0.1) is 24.9 Å². The fraction of sp³-hybridized carbons (Fsp3) is 0.357. The lowest BCUT2D eigenvalue weighted by atomic mass is 10.3. The van der Waals surface area contributed by atoms with Crippen molar-refractivity contribution in [3.8, 4) is 17.2 Å². The van der Waals surface area contributed by atoms with Crippen molar-refractivity contribution in [3.05, 3.63) is 34.3 Å².